The lowest BCUT2D eigenvalue weighted by atomic mass is 9.85. The van der Waals surface area contributed by atoms with Gasteiger partial charge in [-0.25, -0.2) is 4.39 Å². The van der Waals surface area contributed by atoms with Crippen molar-refractivity contribution in [2.75, 3.05) is 6.54 Å². The minimum atomic E-state index is -5.05. The van der Waals surface area contributed by atoms with Crippen molar-refractivity contribution >= 4 is 51.3 Å². The summed E-state index contributed by atoms with van der Waals surface area (Å²) in [6.45, 7) is 1.96. The zero-order chi connectivity index (χ0) is 31.0. The van der Waals surface area contributed by atoms with Gasteiger partial charge in [-0.2, -0.15) is 26.3 Å². The third-order valence-corrected chi connectivity index (χ3v) is 6.78. The van der Waals surface area contributed by atoms with E-state index < -0.39 is 70.1 Å². The molecule has 0 aliphatic carbocycles. The number of carbonyl (C=O) groups is 1. The number of oxime groups is 2. The Morgan fingerprint density at radius 2 is 1.69 bits per heavy atom. The van der Waals surface area contributed by atoms with Crippen LogP contribution in [0.2, 0.25) is 10.0 Å². The number of carbonyl (C=O) groups excluding carboxylic acids is 1. The summed E-state index contributed by atoms with van der Waals surface area (Å²) in [5, 5.41) is 8.12. The topological polar surface area (TPSA) is 72.3 Å². The molecule has 0 saturated heterocycles. The maximum atomic E-state index is 14.4. The number of rotatable bonds is 7. The Morgan fingerprint density at radius 1 is 1.07 bits per heavy atom. The predicted molar refractivity (Wildman–Crippen MR) is 142 cm³/mol. The number of benzene rings is 3. The van der Waals surface area contributed by atoms with Crippen molar-refractivity contribution in [3.63, 3.8) is 0 Å². The van der Waals surface area contributed by atoms with Gasteiger partial charge in [0, 0.05) is 23.1 Å². The molecule has 0 aromatic heterocycles. The number of hydrogen-bond acceptors (Lipinski definition) is 5. The SMILES string of the molecule is CC(C)O/N=C(\CNC(=O)c1ccc(C2=NOC(c3cc(Cl)c(F)c(Cl)c3)(C(F)(F)F)C2)c2ccccc12)C(F)(F)F. The van der Waals surface area contributed by atoms with Crippen molar-refractivity contribution in [1.29, 1.82) is 0 Å². The summed E-state index contributed by atoms with van der Waals surface area (Å²) in [7, 11) is 0. The Morgan fingerprint density at radius 3 is 2.26 bits per heavy atom. The molecule has 0 saturated carbocycles. The van der Waals surface area contributed by atoms with Gasteiger partial charge in [-0.05, 0) is 42.8 Å². The molecular weight excluding hydrogens is 618 g/mol. The van der Waals surface area contributed by atoms with E-state index in [4.69, 9.17) is 28.0 Å². The van der Waals surface area contributed by atoms with Crippen LogP contribution in [0, 0.1) is 5.82 Å². The van der Waals surface area contributed by atoms with Gasteiger partial charge in [0.25, 0.3) is 11.5 Å². The molecule has 3 aromatic rings. The summed E-state index contributed by atoms with van der Waals surface area (Å²) in [6.07, 6.45) is -11.4. The molecule has 0 fully saturated rings. The van der Waals surface area contributed by atoms with Crippen LogP contribution in [0.25, 0.3) is 10.8 Å². The Labute approximate surface area is 244 Å². The average molecular weight is 638 g/mol. The average Bonchev–Trinajstić information content (AvgIpc) is 3.36. The Bertz CT molecular complexity index is 1570. The highest BCUT2D eigenvalue weighted by Crippen LogP contribution is 2.50. The molecule has 0 spiro atoms. The highest BCUT2D eigenvalue weighted by Gasteiger charge is 2.62. The van der Waals surface area contributed by atoms with E-state index in [0.717, 1.165) is 12.1 Å². The molecule has 4 rings (SSSR count). The van der Waals surface area contributed by atoms with Crippen LogP contribution >= 0.6 is 23.2 Å². The first-order valence-electron chi connectivity index (χ1n) is 12.1. The van der Waals surface area contributed by atoms with Crippen molar-refractivity contribution in [2.45, 2.75) is 44.3 Å². The highest BCUT2D eigenvalue weighted by atomic mass is 35.5. The molecule has 15 heteroatoms. The first kappa shape index (κ1) is 31.4. The van der Waals surface area contributed by atoms with Gasteiger partial charge < -0.3 is 15.0 Å². The molecule has 1 unspecified atom stereocenters. The number of hydrogen-bond donors (Lipinski definition) is 1. The molecule has 1 aliphatic heterocycles. The normalized spacial score (nSPS) is 17.8. The van der Waals surface area contributed by atoms with E-state index in [1.807, 2.05) is 0 Å². The lowest BCUT2D eigenvalue weighted by molar-refractivity contribution is -0.275. The van der Waals surface area contributed by atoms with Crippen LogP contribution in [0.15, 0.2) is 58.8 Å². The first-order chi connectivity index (χ1) is 19.5. The summed E-state index contributed by atoms with van der Waals surface area (Å²) in [5.41, 5.74) is -5.05. The molecule has 1 amide bonds. The summed E-state index contributed by atoms with van der Waals surface area (Å²) in [4.78, 5) is 22.6. The largest absolute Gasteiger partial charge is 0.435 e. The van der Waals surface area contributed by atoms with Crippen LogP contribution in [0.3, 0.4) is 0 Å². The van der Waals surface area contributed by atoms with Gasteiger partial charge in [-0.3, -0.25) is 4.79 Å². The third-order valence-electron chi connectivity index (χ3n) is 6.23. The fourth-order valence-corrected chi connectivity index (χ4v) is 4.69. The summed E-state index contributed by atoms with van der Waals surface area (Å²) in [6, 6.07) is 10.1. The number of amides is 1. The molecule has 0 bridgehead atoms. The minimum Gasteiger partial charge on any atom is -0.393 e. The van der Waals surface area contributed by atoms with Gasteiger partial charge in [-0.15, -0.1) is 0 Å². The standard InChI is InChI=1S/C27H20Cl2F7N3O3/c1-13(2)41-39-22(26(31,32)33)12-37-24(40)18-8-7-17(15-5-3-4-6-16(15)18)21-11-25(42-38-21,27(34,35)36)14-9-19(28)23(30)20(29)10-14/h3-10,13H,11-12H2,1-2H3,(H,37,40)/b39-22+. The van der Waals surface area contributed by atoms with Crippen LogP contribution in [0.4, 0.5) is 30.7 Å². The maximum Gasteiger partial charge on any atom is 0.435 e. The summed E-state index contributed by atoms with van der Waals surface area (Å²) < 4.78 is 97.3. The predicted octanol–water partition coefficient (Wildman–Crippen LogP) is 7.94. The van der Waals surface area contributed by atoms with Gasteiger partial charge in [-0.1, -0.05) is 63.8 Å². The number of nitrogens with zero attached hydrogens (tertiary/aromatic N) is 2. The fourth-order valence-electron chi connectivity index (χ4n) is 4.20. The lowest BCUT2D eigenvalue weighted by Gasteiger charge is -2.29. The second-order valence-corrected chi connectivity index (χ2v) is 10.3. The Balaban J connectivity index is 1.68. The smallest absolute Gasteiger partial charge is 0.393 e. The van der Waals surface area contributed by atoms with Crippen LogP contribution < -0.4 is 5.32 Å². The third kappa shape index (κ3) is 6.12. The van der Waals surface area contributed by atoms with Crippen molar-refractivity contribution in [3.05, 3.63) is 81.1 Å². The summed E-state index contributed by atoms with van der Waals surface area (Å²) >= 11 is 11.5. The van der Waals surface area contributed by atoms with E-state index in [0.29, 0.717) is 0 Å². The van der Waals surface area contributed by atoms with Crippen molar-refractivity contribution < 1.29 is 45.2 Å². The van der Waals surface area contributed by atoms with Crippen molar-refractivity contribution in [3.8, 4) is 0 Å². The molecule has 1 aliphatic rings. The van der Waals surface area contributed by atoms with E-state index in [1.54, 1.807) is 6.07 Å². The second-order valence-electron chi connectivity index (χ2n) is 9.46. The van der Waals surface area contributed by atoms with Gasteiger partial charge >= 0.3 is 12.4 Å². The molecule has 3 aromatic carbocycles. The number of halogens is 9. The number of fused-ring (bicyclic) bond motifs is 1. The van der Waals surface area contributed by atoms with E-state index in [2.05, 4.69) is 20.5 Å². The highest BCUT2D eigenvalue weighted by molar-refractivity contribution is 6.35. The zero-order valence-corrected chi connectivity index (χ0v) is 23.1. The minimum absolute atomic E-state index is 0.0562. The van der Waals surface area contributed by atoms with E-state index in [-0.39, 0.29) is 27.6 Å². The molecular formula is C27H20Cl2F7N3O3. The van der Waals surface area contributed by atoms with Gasteiger partial charge in [0.15, 0.2) is 11.5 Å². The van der Waals surface area contributed by atoms with Crippen LogP contribution in [0.1, 0.15) is 41.8 Å². The second kappa shape index (κ2) is 11.6. The van der Waals surface area contributed by atoms with Crippen LogP contribution in [-0.2, 0) is 15.3 Å². The lowest BCUT2D eigenvalue weighted by Crippen LogP contribution is -2.42. The fraction of sp³-hybridized carbons (Fsp3) is 0.296. The molecule has 42 heavy (non-hydrogen) atoms. The van der Waals surface area contributed by atoms with E-state index in [1.165, 1.54) is 44.2 Å². The van der Waals surface area contributed by atoms with Crippen LogP contribution in [-0.4, -0.2) is 42.3 Å². The summed E-state index contributed by atoms with van der Waals surface area (Å²) in [5.74, 6) is -2.00. The number of nitrogens with one attached hydrogen (secondary N) is 1. The first-order valence-corrected chi connectivity index (χ1v) is 12.9. The Kier molecular flexibility index (Phi) is 8.66. The molecule has 6 nitrogen and oxygen atoms in total. The maximum absolute atomic E-state index is 14.4. The zero-order valence-electron chi connectivity index (χ0n) is 21.6. The van der Waals surface area contributed by atoms with E-state index >= 15 is 0 Å². The number of alkyl halides is 6. The molecule has 224 valence electrons. The van der Waals surface area contributed by atoms with Gasteiger partial charge in [0.2, 0.25) is 0 Å². The monoisotopic (exact) mass is 637 g/mol. The Hall–Kier alpha value is -3.58. The van der Waals surface area contributed by atoms with Crippen molar-refractivity contribution in [1.82, 2.24) is 5.32 Å². The van der Waals surface area contributed by atoms with Gasteiger partial charge in [0.05, 0.1) is 22.3 Å². The molecule has 1 N–H and O–H groups in total. The van der Waals surface area contributed by atoms with Crippen LogP contribution in [0.5, 0.6) is 0 Å². The van der Waals surface area contributed by atoms with Crippen molar-refractivity contribution in [2.24, 2.45) is 10.3 Å². The quantitative estimate of drug-likeness (QED) is 0.124. The molecule has 1 heterocycles. The molecule has 0 radical (unpaired) electrons. The molecule has 1 atom stereocenters. The van der Waals surface area contributed by atoms with E-state index in [9.17, 15) is 35.5 Å². The van der Waals surface area contributed by atoms with Gasteiger partial charge in [0.1, 0.15) is 6.10 Å².